The maximum atomic E-state index is 9.76. The third kappa shape index (κ3) is 4.59. The number of hydrogen-bond donors (Lipinski definition) is 3. The quantitative estimate of drug-likeness (QED) is 0.671. The zero-order chi connectivity index (χ0) is 15.1. The second kappa shape index (κ2) is 8.22. The van der Waals surface area contributed by atoms with Gasteiger partial charge in [-0.05, 0) is 24.1 Å². The van der Waals surface area contributed by atoms with Gasteiger partial charge < -0.3 is 25.2 Å². The molecule has 1 aromatic carbocycles. The van der Waals surface area contributed by atoms with Gasteiger partial charge in [-0.1, -0.05) is 13.0 Å². The molecule has 0 amide bonds. The largest absolute Gasteiger partial charge is 0.493 e. The summed E-state index contributed by atoms with van der Waals surface area (Å²) in [6.07, 6.45) is 0.731. The highest BCUT2D eigenvalue weighted by Gasteiger charge is 2.24. The van der Waals surface area contributed by atoms with E-state index in [0.29, 0.717) is 19.1 Å². The molecule has 5 nitrogen and oxygen atoms in total. The molecule has 0 saturated carbocycles. The van der Waals surface area contributed by atoms with Gasteiger partial charge in [0.15, 0.2) is 11.5 Å². The Morgan fingerprint density at radius 1 is 1.33 bits per heavy atom. The van der Waals surface area contributed by atoms with Crippen LogP contribution in [-0.4, -0.2) is 44.6 Å². The molecule has 2 rings (SSSR count). The van der Waals surface area contributed by atoms with Crippen molar-refractivity contribution >= 4 is 0 Å². The van der Waals surface area contributed by atoms with Crippen LogP contribution in [0.3, 0.4) is 0 Å². The van der Waals surface area contributed by atoms with Gasteiger partial charge >= 0.3 is 0 Å². The fraction of sp³-hybridized carbons (Fsp3) is 0.625. The van der Waals surface area contributed by atoms with Crippen LogP contribution in [-0.2, 0) is 6.54 Å². The minimum absolute atomic E-state index is 0.239. The molecule has 21 heavy (non-hydrogen) atoms. The number of rotatable bonds is 8. The van der Waals surface area contributed by atoms with Gasteiger partial charge in [0, 0.05) is 32.1 Å². The first-order valence-corrected chi connectivity index (χ1v) is 7.63. The van der Waals surface area contributed by atoms with Gasteiger partial charge in [-0.3, -0.25) is 0 Å². The Kier molecular flexibility index (Phi) is 6.29. The lowest BCUT2D eigenvalue weighted by molar-refractivity contribution is 0.146. The summed E-state index contributed by atoms with van der Waals surface area (Å²) in [6, 6.07) is 5.99. The Morgan fingerprint density at radius 3 is 2.86 bits per heavy atom. The van der Waals surface area contributed by atoms with Crippen LogP contribution in [0.4, 0.5) is 0 Å². The predicted octanol–water partition coefficient (Wildman–Crippen LogP) is 1.15. The lowest BCUT2D eigenvalue weighted by Crippen LogP contribution is -2.30. The molecular formula is C16H26N2O3. The molecule has 0 bridgehead atoms. The van der Waals surface area contributed by atoms with Gasteiger partial charge in [0.05, 0.1) is 19.8 Å². The van der Waals surface area contributed by atoms with Crippen LogP contribution < -0.4 is 20.1 Å². The molecule has 1 aliphatic heterocycles. The van der Waals surface area contributed by atoms with Crippen LogP contribution >= 0.6 is 0 Å². The molecule has 1 aromatic rings. The van der Waals surface area contributed by atoms with Gasteiger partial charge in [-0.2, -0.15) is 0 Å². The monoisotopic (exact) mass is 294 g/mol. The SMILES string of the molecule is CCCOc1cc(CNCC2CNCC2O)ccc1OC. The number of aliphatic hydroxyl groups excluding tert-OH is 1. The van der Waals surface area contributed by atoms with Gasteiger partial charge in [-0.15, -0.1) is 0 Å². The van der Waals surface area contributed by atoms with E-state index >= 15 is 0 Å². The van der Waals surface area contributed by atoms with Crippen LogP contribution in [0.5, 0.6) is 11.5 Å². The molecule has 2 unspecified atom stereocenters. The fourth-order valence-electron chi connectivity index (χ4n) is 2.49. The Labute approximate surface area is 126 Å². The van der Waals surface area contributed by atoms with E-state index in [1.807, 2.05) is 18.2 Å². The Morgan fingerprint density at radius 2 is 2.19 bits per heavy atom. The third-order valence-corrected chi connectivity index (χ3v) is 3.73. The van der Waals surface area contributed by atoms with Crippen molar-refractivity contribution in [1.82, 2.24) is 10.6 Å². The van der Waals surface area contributed by atoms with Crippen molar-refractivity contribution in [2.75, 3.05) is 33.4 Å². The minimum atomic E-state index is -0.239. The summed E-state index contributed by atoms with van der Waals surface area (Å²) in [5.74, 6) is 1.85. The average Bonchev–Trinajstić information content (AvgIpc) is 2.91. The second-order valence-electron chi connectivity index (χ2n) is 5.45. The molecule has 0 aromatic heterocycles. The fourth-order valence-corrected chi connectivity index (χ4v) is 2.49. The minimum Gasteiger partial charge on any atom is -0.493 e. The smallest absolute Gasteiger partial charge is 0.161 e. The first-order valence-electron chi connectivity index (χ1n) is 7.63. The van der Waals surface area contributed by atoms with Crippen molar-refractivity contribution in [2.24, 2.45) is 5.92 Å². The highest BCUT2D eigenvalue weighted by Crippen LogP contribution is 2.28. The van der Waals surface area contributed by atoms with E-state index in [9.17, 15) is 5.11 Å². The van der Waals surface area contributed by atoms with E-state index in [2.05, 4.69) is 17.6 Å². The zero-order valence-electron chi connectivity index (χ0n) is 12.9. The van der Waals surface area contributed by atoms with Crippen LogP contribution in [0, 0.1) is 5.92 Å². The number of aliphatic hydroxyl groups is 1. The van der Waals surface area contributed by atoms with E-state index < -0.39 is 0 Å². The molecule has 2 atom stereocenters. The second-order valence-corrected chi connectivity index (χ2v) is 5.45. The number of hydrogen-bond acceptors (Lipinski definition) is 5. The Bertz CT molecular complexity index is 440. The molecule has 0 radical (unpaired) electrons. The van der Waals surface area contributed by atoms with E-state index in [4.69, 9.17) is 9.47 Å². The normalized spacial score (nSPS) is 21.5. The van der Waals surface area contributed by atoms with Gasteiger partial charge in [0.1, 0.15) is 0 Å². The molecule has 5 heteroatoms. The summed E-state index contributed by atoms with van der Waals surface area (Å²) >= 11 is 0. The molecule has 1 saturated heterocycles. The standard InChI is InChI=1S/C16H26N2O3/c1-3-6-21-16-7-12(4-5-15(16)20-2)8-17-9-13-10-18-11-14(13)19/h4-5,7,13-14,17-19H,3,6,8-11H2,1-2H3. The van der Waals surface area contributed by atoms with E-state index in [1.165, 1.54) is 0 Å². The number of benzene rings is 1. The number of methoxy groups -OCH3 is 1. The number of nitrogens with one attached hydrogen (secondary N) is 2. The predicted molar refractivity (Wildman–Crippen MR) is 82.9 cm³/mol. The lowest BCUT2D eigenvalue weighted by Gasteiger charge is -2.15. The third-order valence-electron chi connectivity index (χ3n) is 3.73. The molecule has 0 aliphatic carbocycles. The Hall–Kier alpha value is -1.30. The van der Waals surface area contributed by atoms with Crippen LogP contribution in [0.2, 0.25) is 0 Å². The molecule has 0 spiro atoms. The Balaban J connectivity index is 1.87. The van der Waals surface area contributed by atoms with E-state index in [-0.39, 0.29) is 6.10 Å². The molecule has 1 heterocycles. The topological polar surface area (TPSA) is 62.8 Å². The molecular weight excluding hydrogens is 268 g/mol. The average molecular weight is 294 g/mol. The van der Waals surface area contributed by atoms with Crippen molar-refractivity contribution in [2.45, 2.75) is 26.0 Å². The lowest BCUT2D eigenvalue weighted by atomic mass is 10.1. The van der Waals surface area contributed by atoms with Gasteiger partial charge in [0.25, 0.3) is 0 Å². The zero-order valence-corrected chi connectivity index (χ0v) is 12.9. The van der Waals surface area contributed by atoms with Gasteiger partial charge in [-0.25, -0.2) is 0 Å². The first-order chi connectivity index (χ1) is 10.2. The summed E-state index contributed by atoms with van der Waals surface area (Å²) in [5.41, 5.74) is 1.15. The molecule has 1 aliphatic rings. The summed E-state index contributed by atoms with van der Waals surface area (Å²) < 4.78 is 11.0. The van der Waals surface area contributed by atoms with Crippen molar-refractivity contribution in [3.05, 3.63) is 23.8 Å². The maximum Gasteiger partial charge on any atom is 0.161 e. The first kappa shape index (κ1) is 16.1. The van der Waals surface area contributed by atoms with E-state index in [1.54, 1.807) is 7.11 Å². The van der Waals surface area contributed by atoms with Crippen molar-refractivity contribution in [3.63, 3.8) is 0 Å². The van der Waals surface area contributed by atoms with Crippen molar-refractivity contribution in [1.29, 1.82) is 0 Å². The summed E-state index contributed by atoms with van der Waals surface area (Å²) in [7, 11) is 1.65. The molecule has 3 N–H and O–H groups in total. The molecule has 118 valence electrons. The van der Waals surface area contributed by atoms with Crippen LogP contribution in [0.15, 0.2) is 18.2 Å². The molecule has 1 fully saturated rings. The summed E-state index contributed by atoms with van der Waals surface area (Å²) in [4.78, 5) is 0. The number of β-amino-alcohol motifs (C(OH)–C–C–N with tert-alkyl or cyclic N) is 1. The van der Waals surface area contributed by atoms with E-state index in [0.717, 1.165) is 43.1 Å². The van der Waals surface area contributed by atoms with Crippen molar-refractivity contribution in [3.8, 4) is 11.5 Å². The van der Waals surface area contributed by atoms with Crippen LogP contribution in [0.25, 0.3) is 0 Å². The van der Waals surface area contributed by atoms with Crippen LogP contribution in [0.1, 0.15) is 18.9 Å². The summed E-state index contributed by atoms with van der Waals surface area (Å²) in [5, 5.41) is 16.3. The number of ether oxygens (including phenoxy) is 2. The highest BCUT2D eigenvalue weighted by atomic mass is 16.5. The van der Waals surface area contributed by atoms with Crippen molar-refractivity contribution < 1.29 is 14.6 Å². The maximum absolute atomic E-state index is 9.76. The highest BCUT2D eigenvalue weighted by molar-refractivity contribution is 5.42. The summed E-state index contributed by atoms with van der Waals surface area (Å²) in [6.45, 7) is 5.92. The van der Waals surface area contributed by atoms with Gasteiger partial charge in [0.2, 0.25) is 0 Å².